The Morgan fingerprint density at radius 1 is 1.00 bits per heavy atom. The van der Waals surface area contributed by atoms with Crippen molar-refractivity contribution in [1.29, 1.82) is 0 Å². The molecule has 1 unspecified atom stereocenters. The lowest BCUT2D eigenvalue weighted by atomic mass is 9.98. The van der Waals surface area contributed by atoms with Gasteiger partial charge < -0.3 is 5.32 Å². The number of unbranched alkanes of at least 4 members (excludes halogenated alkanes) is 1. The van der Waals surface area contributed by atoms with Crippen LogP contribution in [-0.4, -0.2) is 6.54 Å². The molecule has 1 N–H and O–H groups in total. The van der Waals surface area contributed by atoms with Gasteiger partial charge in [-0.25, -0.2) is 4.39 Å². The fourth-order valence-electron chi connectivity index (χ4n) is 2.17. The summed E-state index contributed by atoms with van der Waals surface area (Å²) in [5, 5.41) is 3.49. The topological polar surface area (TPSA) is 12.0 Å². The number of halogens is 1. The fourth-order valence-corrected chi connectivity index (χ4v) is 2.17. The number of rotatable bonds is 6. The maximum atomic E-state index is 13.1. The maximum Gasteiger partial charge on any atom is 0.123 e. The average Bonchev–Trinajstić information content (AvgIpc) is 2.50. The molecular formula is C18H18FN. The SMILES string of the molecule is C#CCCCNC(c1ccccc1)c1ccc(F)cc1. The lowest BCUT2D eigenvalue weighted by Gasteiger charge is -2.19. The summed E-state index contributed by atoms with van der Waals surface area (Å²) in [5.74, 6) is 2.42. The minimum atomic E-state index is -0.215. The van der Waals surface area contributed by atoms with Crippen LogP contribution in [0.3, 0.4) is 0 Å². The van der Waals surface area contributed by atoms with Crippen molar-refractivity contribution in [1.82, 2.24) is 5.32 Å². The Hall–Kier alpha value is -2.11. The van der Waals surface area contributed by atoms with Crippen LogP contribution in [0.15, 0.2) is 54.6 Å². The highest BCUT2D eigenvalue weighted by Gasteiger charge is 2.12. The van der Waals surface area contributed by atoms with Crippen molar-refractivity contribution in [3.05, 3.63) is 71.5 Å². The average molecular weight is 267 g/mol. The monoisotopic (exact) mass is 267 g/mol. The molecule has 0 saturated heterocycles. The number of terminal acetylenes is 1. The first-order chi connectivity index (χ1) is 9.81. The van der Waals surface area contributed by atoms with Crippen LogP contribution in [0.4, 0.5) is 4.39 Å². The van der Waals surface area contributed by atoms with Crippen molar-refractivity contribution >= 4 is 0 Å². The molecular weight excluding hydrogens is 249 g/mol. The third kappa shape index (κ3) is 3.94. The van der Waals surface area contributed by atoms with Crippen LogP contribution in [0.2, 0.25) is 0 Å². The van der Waals surface area contributed by atoms with E-state index in [1.54, 1.807) is 0 Å². The molecule has 0 fully saturated rings. The van der Waals surface area contributed by atoms with E-state index in [-0.39, 0.29) is 11.9 Å². The molecule has 1 atom stereocenters. The molecule has 0 aliphatic heterocycles. The predicted octanol–water partition coefficient (Wildman–Crippen LogP) is 3.92. The van der Waals surface area contributed by atoms with Crippen molar-refractivity contribution in [2.75, 3.05) is 6.54 Å². The second-order valence-corrected chi connectivity index (χ2v) is 4.66. The summed E-state index contributed by atoms with van der Waals surface area (Å²) in [4.78, 5) is 0. The van der Waals surface area contributed by atoms with Crippen molar-refractivity contribution in [2.24, 2.45) is 0 Å². The minimum absolute atomic E-state index is 0.0644. The summed E-state index contributed by atoms with van der Waals surface area (Å²) in [6.07, 6.45) is 6.96. The first kappa shape index (κ1) is 14.3. The Morgan fingerprint density at radius 3 is 2.30 bits per heavy atom. The largest absolute Gasteiger partial charge is 0.306 e. The van der Waals surface area contributed by atoms with Gasteiger partial charge >= 0.3 is 0 Å². The van der Waals surface area contributed by atoms with Gasteiger partial charge in [0.2, 0.25) is 0 Å². The number of nitrogens with one attached hydrogen (secondary N) is 1. The standard InChI is InChI=1S/C18H18FN/c1-2-3-7-14-20-18(15-8-5-4-6-9-15)16-10-12-17(19)13-11-16/h1,4-6,8-13,18,20H,3,7,14H2. The molecule has 0 aromatic heterocycles. The molecule has 2 aromatic carbocycles. The normalized spacial score (nSPS) is 11.8. The lowest BCUT2D eigenvalue weighted by Crippen LogP contribution is -2.23. The zero-order valence-electron chi connectivity index (χ0n) is 11.4. The Labute approximate surface area is 119 Å². The predicted molar refractivity (Wildman–Crippen MR) is 80.8 cm³/mol. The molecule has 0 aliphatic rings. The van der Waals surface area contributed by atoms with E-state index in [1.807, 2.05) is 30.3 Å². The van der Waals surface area contributed by atoms with Crippen LogP contribution in [0, 0.1) is 18.2 Å². The van der Waals surface area contributed by atoms with Crippen molar-refractivity contribution in [2.45, 2.75) is 18.9 Å². The molecule has 2 aromatic rings. The maximum absolute atomic E-state index is 13.1. The van der Waals surface area contributed by atoms with Crippen molar-refractivity contribution < 1.29 is 4.39 Å². The molecule has 0 amide bonds. The van der Waals surface area contributed by atoms with E-state index < -0.39 is 0 Å². The van der Waals surface area contributed by atoms with Gasteiger partial charge in [-0.1, -0.05) is 42.5 Å². The molecule has 2 heteroatoms. The zero-order valence-corrected chi connectivity index (χ0v) is 11.4. The molecule has 0 heterocycles. The number of benzene rings is 2. The van der Waals surface area contributed by atoms with Gasteiger partial charge in [0, 0.05) is 6.42 Å². The van der Waals surface area contributed by atoms with Gasteiger partial charge in [-0.05, 0) is 36.2 Å². The van der Waals surface area contributed by atoms with Crippen LogP contribution in [0.1, 0.15) is 30.0 Å². The first-order valence-electron chi connectivity index (χ1n) is 6.78. The van der Waals surface area contributed by atoms with E-state index in [1.165, 1.54) is 17.7 Å². The quantitative estimate of drug-likeness (QED) is 0.618. The third-order valence-electron chi connectivity index (χ3n) is 3.18. The molecule has 102 valence electrons. The summed E-state index contributed by atoms with van der Waals surface area (Å²) in [7, 11) is 0. The Morgan fingerprint density at radius 2 is 1.65 bits per heavy atom. The van der Waals surface area contributed by atoms with Gasteiger partial charge in [-0.3, -0.25) is 0 Å². The molecule has 20 heavy (non-hydrogen) atoms. The van der Waals surface area contributed by atoms with E-state index >= 15 is 0 Å². The molecule has 0 spiro atoms. The lowest BCUT2D eigenvalue weighted by molar-refractivity contribution is 0.585. The second-order valence-electron chi connectivity index (χ2n) is 4.66. The highest BCUT2D eigenvalue weighted by molar-refractivity contribution is 5.31. The summed E-state index contributed by atoms with van der Waals surface area (Å²) in [6.45, 7) is 0.834. The molecule has 0 radical (unpaired) electrons. The number of hydrogen-bond acceptors (Lipinski definition) is 1. The second kappa shape index (κ2) is 7.47. The molecule has 0 bridgehead atoms. The Balaban J connectivity index is 2.16. The van der Waals surface area contributed by atoms with Gasteiger partial charge in [0.15, 0.2) is 0 Å². The van der Waals surface area contributed by atoms with Crippen molar-refractivity contribution in [3.63, 3.8) is 0 Å². The van der Waals surface area contributed by atoms with Gasteiger partial charge in [0.05, 0.1) is 6.04 Å². The molecule has 0 aliphatic carbocycles. The molecule has 0 saturated carbocycles. The van der Waals surface area contributed by atoms with E-state index in [4.69, 9.17) is 6.42 Å². The summed E-state index contributed by atoms with van der Waals surface area (Å²) in [6, 6.07) is 16.8. The fraction of sp³-hybridized carbons (Fsp3) is 0.222. The Bertz CT molecular complexity index is 554. The van der Waals surface area contributed by atoms with Crippen LogP contribution in [-0.2, 0) is 0 Å². The highest BCUT2D eigenvalue weighted by atomic mass is 19.1. The summed E-state index contributed by atoms with van der Waals surface area (Å²) < 4.78 is 13.1. The highest BCUT2D eigenvalue weighted by Crippen LogP contribution is 2.22. The summed E-state index contributed by atoms with van der Waals surface area (Å²) in [5.41, 5.74) is 2.22. The van der Waals surface area contributed by atoms with Crippen molar-refractivity contribution in [3.8, 4) is 12.3 Å². The van der Waals surface area contributed by atoms with E-state index in [2.05, 4.69) is 23.4 Å². The van der Waals surface area contributed by atoms with E-state index in [0.717, 1.165) is 24.9 Å². The van der Waals surface area contributed by atoms with Crippen LogP contribution in [0.5, 0.6) is 0 Å². The van der Waals surface area contributed by atoms with Gasteiger partial charge in [0.1, 0.15) is 5.82 Å². The first-order valence-corrected chi connectivity index (χ1v) is 6.78. The van der Waals surface area contributed by atoms with Crippen LogP contribution >= 0.6 is 0 Å². The smallest absolute Gasteiger partial charge is 0.123 e. The third-order valence-corrected chi connectivity index (χ3v) is 3.18. The van der Waals surface area contributed by atoms with E-state index in [0.29, 0.717) is 0 Å². The van der Waals surface area contributed by atoms with Gasteiger partial charge in [0.25, 0.3) is 0 Å². The van der Waals surface area contributed by atoms with Crippen LogP contribution < -0.4 is 5.32 Å². The molecule has 2 rings (SSSR count). The number of hydrogen-bond donors (Lipinski definition) is 1. The summed E-state index contributed by atoms with van der Waals surface area (Å²) >= 11 is 0. The zero-order chi connectivity index (χ0) is 14.2. The van der Waals surface area contributed by atoms with Gasteiger partial charge in [-0.2, -0.15) is 0 Å². The van der Waals surface area contributed by atoms with E-state index in [9.17, 15) is 4.39 Å². The van der Waals surface area contributed by atoms with Crippen LogP contribution in [0.25, 0.3) is 0 Å². The van der Waals surface area contributed by atoms with Gasteiger partial charge in [-0.15, -0.1) is 12.3 Å². The molecule has 1 nitrogen and oxygen atoms in total. The minimum Gasteiger partial charge on any atom is -0.306 e. The Kier molecular flexibility index (Phi) is 5.34.